The van der Waals surface area contributed by atoms with E-state index in [-0.39, 0.29) is 29.7 Å². The summed E-state index contributed by atoms with van der Waals surface area (Å²) in [5.41, 5.74) is 2.43. The van der Waals surface area contributed by atoms with E-state index < -0.39 is 11.9 Å². The van der Waals surface area contributed by atoms with Gasteiger partial charge in [0.25, 0.3) is 0 Å². The second kappa shape index (κ2) is 6.60. The molecule has 3 fully saturated rings. The van der Waals surface area contributed by atoms with E-state index in [2.05, 4.69) is 43.0 Å². The monoisotopic (exact) mass is 356 g/mol. The zero-order valence-electron chi connectivity index (χ0n) is 15.6. The highest BCUT2D eigenvalue weighted by atomic mass is 16.4. The highest BCUT2D eigenvalue weighted by molar-refractivity contribution is 5.86. The first-order chi connectivity index (χ1) is 12.5. The standard InChI is InChI=1S/C21H28N2O3/c1-13-3-7-17(8-4-13)23-10-9-22(12-14(23)2)20(24)18-15-5-6-16(11-15)19(18)21(25)26/h3-4,7-8,14-16,18-19H,5-6,9-12H2,1-2H3,(H,25,26). The minimum atomic E-state index is -0.776. The number of amides is 1. The highest BCUT2D eigenvalue weighted by Crippen LogP contribution is 2.53. The second-order valence-corrected chi connectivity index (χ2v) is 8.39. The van der Waals surface area contributed by atoms with Gasteiger partial charge in [-0.25, -0.2) is 0 Å². The molecule has 2 saturated carbocycles. The molecular weight excluding hydrogens is 328 g/mol. The van der Waals surface area contributed by atoms with Crippen molar-refractivity contribution < 1.29 is 14.7 Å². The molecule has 1 aliphatic heterocycles. The number of carboxylic acids is 1. The minimum Gasteiger partial charge on any atom is -0.481 e. The van der Waals surface area contributed by atoms with E-state index in [1.165, 1.54) is 11.3 Å². The van der Waals surface area contributed by atoms with Gasteiger partial charge < -0.3 is 14.9 Å². The van der Waals surface area contributed by atoms with Crippen LogP contribution < -0.4 is 4.90 Å². The molecule has 2 bridgehead atoms. The number of hydrogen-bond donors (Lipinski definition) is 1. The van der Waals surface area contributed by atoms with E-state index in [0.717, 1.165) is 25.8 Å². The lowest BCUT2D eigenvalue weighted by Crippen LogP contribution is -2.56. The number of anilines is 1. The van der Waals surface area contributed by atoms with E-state index in [1.807, 2.05) is 4.90 Å². The third-order valence-corrected chi connectivity index (χ3v) is 6.79. The number of rotatable bonds is 3. The molecule has 0 aromatic heterocycles. The molecule has 5 nitrogen and oxygen atoms in total. The van der Waals surface area contributed by atoms with Crippen LogP contribution in [0.15, 0.2) is 24.3 Å². The molecule has 1 amide bonds. The van der Waals surface area contributed by atoms with Gasteiger partial charge in [0.05, 0.1) is 11.8 Å². The fraction of sp³-hybridized carbons (Fsp3) is 0.619. The Morgan fingerprint density at radius 1 is 1.04 bits per heavy atom. The Balaban J connectivity index is 1.46. The predicted octanol–water partition coefficient (Wildman–Crippen LogP) is 2.78. The first-order valence-electron chi connectivity index (χ1n) is 9.80. The Morgan fingerprint density at radius 2 is 1.69 bits per heavy atom. The minimum absolute atomic E-state index is 0.0833. The number of piperazine rings is 1. The van der Waals surface area contributed by atoms with Gasteiger partial charge in [0, 0.05) is 31.4 Å². The number of hydrogen-bond acceptors (Lipinski definition) is 3. The molecule has 2 aliphatic carbocycles. The van der Waals surface area contributed by atoms with Crippen molar-refractivity contribution in [1.29, 1.82) is 0 Å². The van der Waals surface area contributed by atoms with Gasteiger partial charge in [-0.1, -0.05) is 17.7 Å². The Hall–Kier alpha value is -2.04. The molecule has 5 atom stereocenters. The van der Waals surface area contributed by atoms with Crippen molar-refractivity contribution in [2.24, 2.45) is 23.7 Å². The van der Waals surface area contributed by atoms with Crippen LogP contribution in [-0.4, -0.2) is 47.6 Å². The van der Waals surface area contributed by atoms with Crippen molar-refractivity contribution in [2.45, 2.75) is 39.2 Å². The maximum atomic E-state index is 13.2. The Morgan fingerprint density at radius 3 is 2.31 bits per heavy atom. The van der Waals surface area contributed by atoms with E-state index >= 15 is 0 Å². The molecule has 5 heteroatoms. The summed E-state index contributed by atoms with van der Waals surface area (Å²) in [7, 11) is 0. The van der Waals surface area contributed by atoms with Crippen LogP contribution >= 0.6 is 0 Å². The number of nitrogens with zero attached hydrogens (tertiary/aromatic N) is 2. The van der Waals surface area contributed by atoms with E-state index in [4.69, 9.17) is 0 Å². The van der Waals surface area contributed by atoms with Gasteiger partial charge in [-0.15, -0.1) is 0 Å². The summed E-state index contributed by atoms with van der Waals surface area (Å²) in [6.07, 6.45) is 2.92. The van der Waals surface area contributed by atoms with Crippen LogP contribution in [0.3, 0.4) is 0 Å². The molecule has 1 aromatic carbocycles. The summed E-state index contributed by atoms with van der Waals surface area (Å²) in [5, 5.41) is 9.64. The lowest BCUT2D eigenvalue weighted by atomic mass is 9.78. The molecule has 1 heterocycles. The number of carbonyl (C=O) groups is 2. The summed E-state index contributed by atoms with van der Waals surface area (Å²) < 4.78 is 0. The third-order valence-electron chi connectivity index (χ3n) is 6.79. The second-order valence-electron chi connectivity index (χ2n) is 8.39. The van der Waals surface area contributed by atoms with Crippen molar-refractivity contribution in [3.63, 3.8) is 0 Å². The molecular formula is C21H28N2O3. The largest absolute Gasteiger partial charge is 0.481 e. The van der Waals surface area contributed by atoms with E-state index in [0.29, 0.717) is 13.1 Å². The molecule has 140 valence electrons. The van der Waals surface area contributed by atoms with Crippen molar-refractivity contribution >= 4 is 17.6 Å². The van der Waals surface area contributed by atoms with Gasteiger partial charge in [0.2, 0.25) is 5.91 Å². The van der Waals surface area contributed by atoms with Crippen LogP contribution in [-0.2, 0) is 9.59 Å². The SMILES string of the molecule is Cc1ccc(N2CCN(C(=O)C3C4CCC(C4)C3C(=O)O)CC2C)cc1. The van der Waals surface area contributed by atoms with Gasteiger partial charge >= 0.3 is 5.97 Å². The molecule has 5 unspecified atom stereocenters. The summed E-state index contributed by atoms with van der Waals surface area (Å²) in [5.74, 6) is -0.977. The Kier molecular flexibility index (Phi) is 4.41. The Bertz CT molecular complexity index is 702. The molecule has 1 aromatic rings. The number of aryl methyl sites for hydroxylation is 1. The number of aliphatic carboxylic acids is 1. The Labute approximate surface area is 155 Å². The fourth-order valence-corrected chi connectivity index (χ4v) is 5.49. The zero-order chi connectivity index (χ0) is 18.4. The fourth-order valence-electron chi connectivity index (χ4n) is 5.49. The molecule has 3 aliphatic rings. The quantitative estimate of drug-likeness (QED) is 0.905. The number of carbonyl (C=O) groups excluding carboxylic acids is 1. The van der Waals surface area contributed by atoms with Gasteiger partial charge in [0.1, 0.15) is 0 Å². The third kappa shape index (κ3) is 2.87. The molecule has 1 saturated heterocycles. The van der Waals surface area contributed by atoms with Gasteiger partial charge in [-0.05, 0) is 57.1 Å². The molecule has 26 heavy (non-hydrogen) atoms. The van der Waals surface area contributed by atoms with Gasteiger partial charge in [0.15, 0.2) is 0 Å². The number of fused-ring (bicyclic) bond motifs is 2. The maximum absolute atomic E-state index is 13.2. The normalized spacial score (nSPS) is 33.5. The van der Waals surface area contributed by atoms with Crippen molar-refractivity contribution in [3.05, 3.63) is 29.8 Å². The molecule has 0 spiro atoms. The van der Waals surface area contributed by atoms with Crippen LogP contribution in [0.5, 0.6) is 0 Å². The van der Waals surface area contributed by atoms with Crippen LogP contribution in [0.1, 0.15) is 31.7 Å². The maximum Gasteiger partial charge on any atom is 0.307 e. The summed E-state index contributed by atoms with van der Waals surface area (Å²) >= 11 is 0. The average Bonchev–Trinajstić information content (AvgIpc) is 3.23. The topological polar surface area (TPSA) is 60.9 Å². The molecule has 0 radical (unpaired) electrons. The van der Waals surface area contributed by atoms with Crippen molar-refractivity contribution in [1.82, 2.24) is 4.90 Å². The predicted molar refractivity (Wildman–Crippen MR) is 100 cm³/mol. The van der Waals surface area contributed by atoms with Crippen LogP contribution in [0, 0.1) is 30.6 Å². The summed E-state index contributed by atoms with van der Waals surface area (Å²) in [4.78, 5) is 29.2. The van der Waals surface area contributed by atoms with Gasteiger partial charge in [-0.3, -0.25) is 9.59 Å². The van der Waals surface area contributed by atoms with Crippen LogP contribution in [0.4, 0.5) is 5.69 Å². The lowest BCUT2D eigenvalue weighted by molar-refractivity contribution is -0.153. The van der Waals surface area contributed by atoms with E-state index in [9.17, 15) is 14.7 Å². The molecule has 4 rings (SSSR count). The lowest BCUT2D eigenvalue weighted by Gasteiger charge is -2.43. The summed E-state index contributed by atoms with van der Waals surface area (Å²) in [6, 6.07) is 8.75. The smallest absolute Gasteiger partial charge is 0.307 e. The van der Waals surface area contributed by atoms with Crippen molar-refractivity contribution in [3.8, 4) is 0 Å². The van der Waals surface area contributed by atoms with Crippen molar-refractivity contribution in [2.75, 3.05) is 24.5 Å². The number of benzene rings is 1. The van der Waals surface area contributed by atoms with Crippen LogP contribution in [0.2, 0.25) is 0 Å². The van der Waals surface area contributed by atoms with Crippen LogP contribution in [0.25, 0.3) is 0 Å². The van der Waals surface area contributed by atoms with E-state index in [1.54, 1.807) is 0 Å². The first kappa shape index (κ1) is 17.4. The average molecular weight is 356 g/mol. The zero-order valence-corrected chi connectivity index (χ0v) is 15.6. The highest BCUT2D eigenvalue weighted by Gasteiger charge is 2.55. The number of carboxylic acid groups (broad SMARTS) is 1. The first-order valence-corrected chi connectivity index (χ1v) is 9.80. The van der Waals surface area contributed by atoms with Gasteiger partial charge in [-0.2, -0.15) is 0 Å². The molecule has 1 N–H and O–H groups in total. The summed E-state index contributed by atoms with van der Waals surface area (Å²) in [6.45, 7) is 6.38.